The fourth-order valence-electron chi connectivity index (χ4n) is 2.96. The SMILES string of the molecule is CC(=NNC(=S)Nc1ccc2c(c1)OCC(=O)N2)c1csc(-c2ccc(Cl)c(Cl)c2)c1O. The van der Waals surface area contributed by atoms with Crippen molar-refractivity contribution in [3.05, 3.63) is 57.4 Å². The van der Waals surface area contributed by atoms with Crippen molar-refractivity contribution in [2.24, 2.45) is 5.10 Å². The molecule has 0 bridgehead atoms. The number of rotatable bonds is 4. The Hall–Kier alpha value is -2.85. The third-order valence-corrected chi connectivity index (χ3v) is 6.48. The van der Waals surface area contributed by atoms with Gasteiger partial charge in [-0.15, -0.1) is 11.3 Å². The molecule has 1 aliphatic rings. The van der Waals surface area contributed by atoms with Crippen molar-refractivity contribution < 1.29 is 14.6 Å². The molecule has 1 aliphatic heterocycles. The molecular weight excluding hydrogens is 491 g/mol. The molecule has 4 rings (SSSR count). The number of hydrazone groups is 1. The van der Waals surface area contributed by atoms with Crippen molar-refractivity contribution in [3.63, 3.8) is 0 Å². The van der Waals surface area contributed by atoms with Gasteiger partial charge in [0.2, 0.25) is 0 Å². The zero-order valence-corrected chi connectivity index (χ0v) is 19.7. The molecule has 32 heavy (non-hydrogen) atoms. The first kappa shape index (κ1) is 22.3. The topological polar surface area (TPSA) is 95.0 Å². The van der Waals surface area contributed by atoms with Crippen LogP contribution in [-0.4, -0.2) is 28.4 Å². The van der Waals surface area contributed by atoms with Crippen LogP contribution >= 0.6 is 46.8 Å². The number of anilines is 2. The lowest BCUT2D eigenvalue weighted by Gasteiger charge is -2.18. The minimum Gasteiger partial charge on any atom is -0.506 e. The highest BCUT2D eigenvalue weighted by atomic mass is 35.5. The number of thiocarbonyl (C=S) groups is 1. The molecule has 0 atom stereocenters. The average molecular weight is 507 g/mol. The molecule has 0 radical (unpaired) electrons. The summed E-state index contributed by atoms with van der Waals surface area (Å²) in [4.78, 5) is 12.0. The molecule has 0 aliphatic carbocycles. The van der Waals surface area contributed by atoms with Gasteiger partial charge in [0.25, 0.3) is 5.91 Å². The molecule has 0 saturated carbocycles. The Labute approximate surface area is 203 Å². The van der Waals surface area contributed by atoms with Gasteiger partial charge in [-0.3, -0.25) is 10.2 Å². The lowest BCUT2D eigenvalue weighted by molar-refractivity contribution is -0.118. The number of ether oxygens (including phenoxy) is 1. The Bertz CT molecular complexity index is 1260. The maximum atomic E-state index is 11.4. The number of hydrogen-bond donors (Lipinski definition) is 4. The molecule has 11 heteroatoms. The van der Waals surface area contributed by atoms with E-state index in [1.807, 2.05) is 0 Å². The maximum absolute atomic E-state index is 11.4. The van der Waals surface area contributed by atoms with E-state index < -0.39 is 0 Å². The van der Waals surface area contributed by atoms with E-state index >= 15 is 0 Å². The number of nitrogens with zero attached hydrogens (tertiary/aromatic N) is 1. The number of benzene rings is 2. The Morgan fingerprint density at radius 1 is 1.25 bits per heavy atom. The molecule has 0 fully saturated rings. The fourth-order valence-corrected chi connectivity index (χ4v) is 4.42. The van der Waals surface area contributed by atoms with E-state index in [0.717, 1.165) is 5.56 Å². The van der Waals surface area contributed by atoms with E-state index in [-0.39, 0.29) is 23.4 Å². The summed E-state index contributed by atoms with van der Waals surface area (Å²) in [5, 5.41) is 23.6. The molecule has 4 N–H and O–H groups in total. The first-order valence-corrected chi connectivity index (χ1v) is 11.3. The third-order valence-electron chi connectivity index (χ3n) is 4.53. The predicted molar refractivity (Wildman–Crippen MR) is 134 cm³/mol. The van der Waals surface area contributed by atoms with Crippen LogP contribution in [0.2, 0.25) is 10.0 Å². The van der Waals surface area contributed by atoms with Crippen LogP contribution in [-0.2, 0) is 4.79 Å². The Morgan fingerprint density at radius 2 is 2.06 bits per heavy atom. The molecule has 1 aromatic heterocycles. The zero-order chi connectivity index (χ0) is 22.8. The van der Waals surface area contributed by atoms with Gasteiger partial charge in [-0.05, 0) is 49.0 Å². The number of amides is 1. The normalized spacial score (nSPS) is 13.1. The van der Waals surface area contributed by atoms with Gasteiger partial charge in [-0.2, -0.15) is 5.10 Å². The van der Waals surface area contributed by atoms with Gasteiger partial charge in [0.05, 0.1) is 31.9 Å². The predicted octanol–water partition coefficient (Wildman–Crippen LogP) is 5.47. The Balaban J connectivity index is 1.44. The lowest BCUT2D eigenvalue weighted by Crippen LogP contribution is -2.26. The van der Waals surface area contributed by atoms with Crippen LogP contribution in [0, 0.1) is 0 Å². The van der Waals surface area contributed by atoms with Gasteiger partial charge in [0.1, 0.15) is 11.5 Å². The highest BCUT2D eigenvalue weighted by molar-refractivity contribution is 7.80. The zero-order valence-electron chi connectivity index (χ0n) is 16.5. The Kier molecular flexibility index (Phi) is 6.52. The van der Waals surface area contributed by atoms with Gasteiger partial charge >= 0.3 is 0 Å². The molecule has 1 amide bonds. The summed E-state index contributed by atoms with van der Waals surface area (Å²) >= 11 is 18.7. The number of carbonyl (C=O) groups excluding carboxylic acids is 1. The van der Waals surface area contributed by atoms with Gasteiger partial charge in [0.15, 0.2) is 11.7 Å². The number of nitrogens with one attached hydrogen (secondary N) is 3. The summed E-state index contributed by atoms with van der Waals surface area (Å²) in [6.07, 6.45) is 0. The number of fused-ring (bicyclic) bond motifs is 1. The molecular formula is C21H16Cl2N4O3S2. The number of aromatic hydroxyl groups is 1. The summed E-state index contributed by atoms with van der Waals surface area (Å²) in [7, 11) is 0. The van der Waals surface area contributed by atoms with Crippen LogP contribution < -0.4 is 20.8 Å². The quantitative estimate of drug-likeness (QED) is 0.213. The highest BCUT2D eigenvalue weighted by Gasteiger charge is 2.17. The van der Waals surface area contributed by atoms with Gasteiger partial charge < -0.3 is 20.5 Å². The summed E-state index contributed by atoms with van der Waals surface area (Å²) in [5.41, 5.74) is 5.92. The largest absolute Gasteiger partial charge is 0.506 e. The number of halogens is 2. The highest BCUT2D eigenvalue weighted by Crippen LogP contribution is 2.40. The van der Waals surface area contributed by atoms with Crippen molar-refractivity contribution in [2.45, 2.75) is 6.92 Å². The third kappa shape index (κ3) is 4.81. The molecule has 7 nitrogen and oxygen atoms in total. The van der Waals surface area contributed by atoms with Crippen LogP contribution in [0.1, 0.15) is 12.5 Å². The van der Waals surface area contributed by atoms with E-state index in [4.69, 9.17) is 40.2 Å². The monoisotopic (exact) mass is 506 g/mol. The van der Waals surface area contributed by atoms with Crippen LogP contribution in [0.4, 0.5) is 11.4 Å². The Morgan fingerprint density at radius 3 is 2.84 bits per heavy atom. The summed E-state index contributed by atoms with van der Waals surface area (Å²) < 4.78 is 5.39. The molecule has 0 unspecified atom stereocenters. The van der Waals surface area contributed by atoms with Crippen molar-refractivity contribution in [1.29, 1.82) is 0 Å². The number of thiophene rings is 1. The van der Waals surface area contributed by atoms with Gasteiger partial charge in [-0.25, -0.2) is 0 Å². The molecule has 0 saturated heterocycles. The second kappa shape index (κ2) is 9.33. The van der Waals surface area contributed by atoms with Gasteiger partial charge in [-0.1, -0.05) is 29.3 Å². The molecule has 164 valence electrons. The second-order valence-corrected chi connectivity index (χ2v) is 8.87. The van der Waals surface area contributed by atoms with Crippen molar-refractivity contribution in [1.82, 2.24) is 5.43 Å². The van der Waals surface area contributed by atoms with Crippen LogP contribution in [0.3, 0.4) is 0 Å². The van der Waals surface area contributed by atoms with E-state index in [9.17, 15) is 9.90 Å². The van der Waals surface area contributed by atoms with Crippen molar-refractivity contribution >= 4 is 74.9 Å². The maximum Gasteiger partial charge on any atom is 0.262 e. The smallest absolute Gasteiger partial charge is 0.262 e. The van der Waals surface area contributed by atoms with Crippen molar-refractivity contribution in [3.8, 4) is 21.9 Å². The fraction of sp³-hybridized carbons (Fsp3) is 0.0952. The lowest BCUT2D eigenvalue weighted by atomic mass is 10.1. The molecule has 0 spiro atoms. The van der Waals surface area contributed by atoms with Gasteiger partial charge in [0, 0.05) is 17.1 Å². The van der Waals surface area contributed by atoms with Crippen LogP contribution in [0.25, 0.3) is 10.4 Å². The molecule has 3 aromatic rings. The molecule has 2 aromatic carbocycles. The van der Waals surface area contributed by atoms with E-state index in [1.54, 1.807) is 48.7 Å². The standard InChI is InChI=1S/C21H16Cl2N4O3S2/c1-10(13-9-32-20(19(13)29)11-2-4-14(22)15(23)6-11)26-27-21(31)24-12-3-5-16-17(7-12)30-8-18(28)25-16/h2-7,9,29H,8H2,1H3,(H,25,28)(H2,24,27,31). The first-order valence-electron chi connectivity index (χ1n) is 9.26. The second-order valence-electron chi connectivity index (χ2n) is 6.77. The summed E-state index contributed by atoms with van der Waals surface area (Å²) in [5.74, 6) is 0.457. The molecule has 2 heterocycles. The average Bonchev–Trinajstić information content (AvgIpc) is 3.15. The van der Waals surface area contributed by atoms with E-state index in [1.165, 1.54) is 11.3 Å². The van der Waals surface area contributed by atoms with E-state index in [2.05, 4.69) is 21.2 Å². The first-order chi connectivity index (χ1) is 15.3. The summed E-state index contributed by atoms with van der Waals surface area (Å²) in [6, 6.07) is 10.4. The van der Waals surface area contributed by atoms with E-state index in [0.29, 0.717) is 43.3 Å². The number of hydrogen-bond acceptors (Lipinski definition) is 6. The minimum absolute atomic E-state index is 0.0308. The minimum atomic E-state index is -0.195. The van der Waals surface area contributed by atoms with Crippen LogP contribution in [0.5, 0.6) is 11.5 Å². The summed E-state index contributed by atoms with van der Waals surface area (Å²) in [6.45, 7) is 1.72. The van der Waals surface area contributed by atoms with Crippen molar-refractivity contribution in [2.75, 3.05) is 17.2 Å². The van der Waals surface area contributed by atoms with Crippen LogP contribution in [0.15, 0.2) is 46.9 Å². The number of carbonyl (C=O) groups is 1.